The molecule has 2 aromatic heterocycles. The van der Waals surface area contributed by atoms with Gasteiger partial charge in [-0.25, -0.2) is 19.2 Å². The van der Waals surface area contributed by atoms with Crippen LogP contribution in [0.5, 0.6) is 11.5 Å². The normalized spacial score (nSPS) is 17.6. The maximum absolute atomic E-state index is 12.5. The van der Waals surface area contributed by atoms with Crippen molar-refractivity contribution >= 4 is 45.4 Å². The van der Waals surface area contributed by atoms with Crippen molar-refractivity contribution in [1.29, 1.82) is 0 Å². The number of piperidine rings is 2. The van der Waals surface area contributed by atoms with E-state index >= 15 is 0 Å². The van der Waals surface area contributed by atoms with Gasteiger partial charge in [-0.3, -0.25) is 0 Å². The first kappa shape index (κ1) is 43.5. The highest BCUT2D eigenvalue weighted by Crippen LogP contribution is 2.31. The summed E-state index contributed by atoms with van der Waals surface area (Å²) in [6.07, 6.45) is 11.2. The molecule has 3 fully saturated rings. The maximum atomic E-state index is 12.5. The van der Waals surface area contributed by atoms with Crippen LogP contribution in [0.3, 0.4) is 0 Å². The number of fused-ring (bicyclic) bond motifs is 2. The van der Waals surface area contributed by atoms with E-state index in [1.807, 2.05) is 45.0 Å². The molecule has 1 aliphatic carbocycles. The van der Waals surface area contributed by atoms with E-state index in [4.69, 9.17) is 18.3 Å². The maximum Gasteiger partial charge on any atom is 0.360 e. The van der Waals surface area contributed by atoms with Crippen molar-refractivity contribution in [2.75, 3.05) is 50.9 Å². The number of nitrogens with zero attached hydrogens (tertiary/aromatic N) is 2. The Kier molecular flexibility index (Phi) is 14.9. The third-order valence-electron chi connectivity index (χ3n) is 11.8. The molecular formula is C45H62N6O8. The van der Waals surface area contributed by atoms with Crippen LogP contribution in [0.25, 0.3) is 21.9 Å². The number of amides is 4. The fourth-order valence-electron chi connectivity index (χ4n) is 8.09. The molecule has 3 aliphatic rings. The minimum Gasteiger partial charge on any atom is -0.490 e. The summed E-state index contributed by atoms with van der Waals surface area (Å²) in [5.74, 6) is 1.49. The average molecular weight is 815 g/mol. The van der Waals surface area contributed by atoms with Crippen LogP contribution in [-0.2, 0) is 0 Å². The molecule has 4 heterocycles. The number of ether oxygens (including phenoxy) is 2. The molecule has 0 spiro atoms. The summed E-state index contributed by atoms with van der Waals surface area (Å²) in [6, 6.07) is 10.4. The van der Waals surface area contributed by atoms with Gasteiger partial charge in [-0.05, 0) is 116 Å². The number of urea groups is 2. The predicted octanol–water partition coefficient (Wildman–Crippen LogP) is 7.91. The molecule has 4 N–H and O–H groups in total. The molecule has 1 saturated carbocycles. The Bertz CT molecular complexity index is 2180. The zero-order valence-electron chi connectivity index (χ0n) is 35.5. The monoisotopic (exact) mass is 814 g/mol. The molecule has 320 valence electrons. The molecule has 2 saturated heterocycles. The Morgan fingerprint density at radius 2 is 1.17 bits per heavy atom. The van der Waals surface area contributed by atoms with Gasteiger partial charge in [0.15, 0.2) is 0 Å². The molecule has 4 aromatic rings. The van der Waals surface area contributed by atoms with Crippen molar-refractivity contribution in [1.82, 2.24) is 20.4 Å². The fraction of sp³-hybridized carbons (Fsp3) is 0.556. The minimum atomic E-state index is -0.569. The summed E-state index contributed by atoms with van der Waals surface area (Å²) in [5.41, 5.74) is 1.76. The summed E-state index contributed by atoms with van der Waals surface area (Å²) >= 11 is 0. The van der Waals surface area contributed by atoms with Crippen LogP contribution in [0.4, 0.5) is 21.0 Å². The molecular weight excluding hydrogens is 753 g/mol. The number of benzene rings is 2. The molecule has 0 radical (unpaired) electrons. The first-order chi connectivity index (χ1) is 28.4. The third kappa shape index (κ3) is 11.6. The third-order valence-corrected chi connectivity index (χ3v) is 11.8. The molecule has 14 heteroatoms. The summed E-state index contributed by atoms with van der Waals surface area (Å²) in [6.45, 7) is 12.0. The Morgan fingerprint density at radius 1 is 0.712 bits per heavy atom. The van der Waals surface area contributed by atoms with Crippen molar-refractivity contribution in [2.24, 2.45) is 0 Å². The number of carbonyl (C=O) groups excluding carboxylic acids is 2. The predicted molar refractivity (Wildman–Crippen MR) is 232 cm³/mol. The summed E-state index contributed by atoms with van der Waals surface area (Å²) < 4.78 is 23.5. The van der Waals surface area contributed by atoms with Crippen molar-refractivity contribution in [3.05, 3.63) is 68.4 Å². The van der Waals surface area contributed by atoms with Gasteiger partial charge in [-0.1, -0.05) is 33.1 Å². The largest absolute Gasteiger partial charge is 0.490 e. The van der Waals surface area contributed by atoms with Crippen molar-refractivity contribution < 1.29 is 27.9 Å². The molecule has 14 nitrogen and oxygen atoms in total. The lowest BCUT2D eigenvalue weighted by molar-refractivity contribution is 0.113. The Morgan fingerprint density at radius 3 is 1.61 bits per heavy atom. The Labute approximate surface area is 346 Å². The zero-order chi connectivity index (χ0) is 42.1. The summed E-state index contributed by atoms with van der Waals surface area (Å²) in [7, 11) is 4.23. The SMILES string of the molecule is CCCC(CC)NC(=O)Nc1cc2ccc(OC3CCN(C)CC3)c(C)c2oc1=O.Cc1c(OC2CCN(C)CC2)ccc2cc(NC(=O)NC3CCCC3)c(=O)oc12. The minimum absolute atomic E-state index is 0.0871. The van der Waals surface area contributed by atoms with Gasteiger partial charge in [0, 0.05) is 60.2 Å². The average Bonchev–Trinajstić information content (AvgIpc) is 3.73. The van der Waals surface area contributed by atoms with Crippen molar-refractivity contribution in [2.45, 2.75) is 123 Å². The number of carbonyl (C=O) groups is 2. The Hall–Kier alpha value is -5.08. The highest BCUT2D eigenvalue weighted by atomic mass is 16.5. The highest BCUT2D eigenvalue weighted by molar-refractivity contribution is 5.93. The van der Waals surface area contributed by atoms with Crippen molar-refractivity contribution in [3.63, 3.8) is 0 Å². The van der Waals surface area contributed by atoms with Crippen LogP contribution in [-0.4, -0.2) is 86.4 Å². The van der Waals surface area contributed by atoms with E-state index in [1.54, 1.807) is 12.1 Å². The van der Waals surface area contributed by atoms with E-state index in [0.717, 1.165) is 130 Å². The number of aryl methyl sites for hydroxylation is 2. The van der Waals surface area contributed by atoms with Gasteiger partial charge in [0.2, 0.25) is 0 Å². The molecule has 2 aromatic carbocycles. The van der Waals surface area contributed by atoms with Gasteiger partial charge in [-0.15, -0.1) is 0 Å². The lowest BCUT2D eigenvalue weighted by Gasteiger charge is -2.29. The molecule has 7 rings (SSSR count). The fourth-order valence-corrected chi connectivity index (χ4v) is 8.09. The summed E-state index contributed by atoms with van der Waals surface area (Å²) in [4.78, 5) is 54.0. The van der Waals surface area contributed by atoms with Crippen LogP contribution in [0.1, 0.15) is 95.6 Å². The molecule has 2 aliphatic heterocycles. The van der Waals surface area contributed by atoms with E-state index in [2.05, 4.69) is 52.1 Å². The van der Waals surface area contributed by atoms with E-state index < -0.39 is 11.3 Å². The number of nitrogens with one attached hydrogen (secondary N) is 4. The molecule has 4 amide bonds. The Balaban J connectivity index is 0.000000198. The van der Waals surface area contributed by atoms with Gasteiger partial charge < -0.3 is 49.4 Å². The second kappa shape index (κ2) is 20.3. The number of anilines is 2. The first-order valence-electron chi connectivity index (χ1n) is 21.4. The molecule has 1 atom stereocenters. The smallest absolute Gasteiger partial charge is 0.360 e. The van der Waals surface area contributed by atoms with Gasteiger partial charge in [0.25, 0.3) is 0 Å². The van der Waals surface area contributed by atoms with Crippen LogP contribution < -0.4 is 42.0 Å². The molecule has 0 bridgehead atoms. The topological polar surface area (TPSA) is 168 Å². The first-order valence-corrected chi connectivity index (χ1v) is 21.4. The van der Waals surface area contributed by atoms with Crippen LogP contribution in [0.2, 0.25) is 0 Å². The number of likely N-dealkylation sites (tertiary alicyclic amines) is 2. The van der Waals surface area contributed by atoms with Gasteiger partial charge in [0.05, 0.1) is 0 Å². The second-order valence-corrected chi connectivity index (χ2v) is 16.4. The van der Waals surface area contributed by atoms with E-state index in [9.17, 15) is 19.2 Å². The van der Waals surface area contributed by atoms with Crippen LogP contribution in [0.15, 0.2) is 54.8 Å². The van der Waals surface area contributed by atoms with Crippen LogP contribution >= 0.6 is 0 Å². The number of rotatable bonds is 11. The zero-order valence-corrected chi connectivity index (χ0v) is 35.5. The lowest BCUT2D eigenvalue weighted by atomic mass is 10.1. The summed E-state index contributed by atoms with van der Waals surface area (Å²) in [5, 5.41) is 12.6. The van der Waals surface area contributed by atoms with E-state index in [-0.39, 0.29) is 47.7 Å². The molecule has 59 heavy (non-hydrogen) atoms. The lowest BCUT2D eigenvalue weighted by Crippen LogP contribution is -2.38. The van der Waals surface area contributed by atoms with E-state index in [0.29, 0.717) is 11.2 Å². The standard InChI is InChI=1S/C23H33N3O4.C22H29N3O4/c1-5-7-17(6-2)24-23(28)25-19-14-16-8-9-20(15(3)21(16)30-22(19)27)29-18-10-12-26(4)13-11-18;1-14-19(28-17-9-11-25(2)12-10-17)8-7-15-13-18(21(26)29-20(14)15)24-22(27)23-16-5-3-4-6-16/h8-9,14,17-18H,5-7,10-13H2,1-4H3,(H2,24,25,28);7-8,13,16-17H,3-6,9-12H2,1-2H3,(H2,23,24,27). The highest BCUT2D eigenvalue weighted by Gasteiger charge is 2.23. The van der Waals surface area contributed by atoms with Gasteiger partial charge in [0.1, 0.15) is 46.2 Å². The van der Waals surface area contributed by atoms with Gasteiger partial charge >= 0.3 is 23.3 Å². The second-order valence-electron chi connectivity index (χ2n) is 16.4. The molecule has 1 unspecified atom stereocenters. The van der Waals surface area contributed by atoms with Crippen molar-refractivity contribution in [3.8, 4) is 11.5 Å². The van der Waals surface area contributed by atoms with E-state index in [1.165, 1.54) is 0 Å². The quantitative estimate of drug-likeness (QED) is 0.109. The number of hydrogen-bond donors (Lipinski definition) is 4. The number of hydrogen-bond acceptors (Lipinski definition) is 10. The van der Waals surface area contributed by atoms with Gasteiger partial charge in [-0.2, -0.15) is 0 Å². The van der Waals surface area contributed by atoms with Crippen LogP contribution in [0, 0.1) is 13.8 Å².